The molecule has 0 radical (unpaired) electrons. The molecule has 2 N–H and O–H groups in total. The lowest BCUT2D eigenvalue weighted by molar-refractivity contribution is -0.124. The van der Waals surface area contributed by atoms with Crippen LogP contribution in [0.5, 0.6) is 0 Å². The minimum absolute atomic E-state index is 0.0471. The molecule has 1 aromatic carbocycles. The minimum atomic E-state index is -0.474. The summed E-state index contributed by atoms with van der Waals surface area (Å²) < 4.78 is 0. The highest BCUT2D eigenvalue weighted by atomic mass is 32.2. The normalized spacial score (nSPS) is 21.4. The van der Waals surface area contributed by atoms with Crippen molar-refractivity contribution in [3.05, 3.63) is 35.4 Å². The third-order valence-corrected chi connectivity index (χ3v) is 5.44. The first-order valence-electron chi connectivity index (χ1n) is 9.16. The lowest BCUT2D eigenvalue weighted by Gasteiger charge is -2.29. The molecule has 0 aliphatic heterocycles. The van der Waals surface area contributed by atoms with E-state index in [2.05, 4.69) is 17.6 Å². The van der Waals surface area contributed by atoms with E-state index in [0.29, 0.717) is 17.9 Å². The first-order chi connectivity index (χ1) is 12.0. The van der Waals surface area contributed by atoms with Gasteiger partial charge < -0.3 is 10.6 Å². The van der Waals surface area contributed by atoms with Gasteiger partial charge in [0.15, 0.2) is 0 Å². The lowest BCUT2D eigenvalue weighted by atomic mass is 9.87. The maximum Gasteiger partial charge on any atom is 0.251 e. The molecule has 1 saturated carbocycles. The van der Waals surface area contributed by atoms with Gasteiger partial charge in [-0.1, -0.05) is 37.5 Å². The number of hydrogen-bond acceptors (Lipinski definition) is 3. The van der Waals surface area contributed by atoms with Crippen molar-refractivity contribution in [1.82, 2.24) is 10.6 Å². The number of nitrogens with one attached hydrogen (secondary N) is 2. The van der Waals surface area contributed by atoms with Crippen LogP contribution in [0.3, 0.4) is 0 Å². The highest BCUT2D eigenvalue weighted by Gasteiger charge is 2.26. The van der Waals surface area contributed by atoms with E-state index in [4.69, 9.17) is 0 Å². The zero-order valence-corrected chi connectivity index (χ0v) is 16.3. The zero-order valence-electron chi connectivity index (χ0n) is 15.5. The molecule has 0 spiro atoms. The number of carbonyl (C=O) groups is 2. The Morgan fingerprint density at radius 2 is 2.12 bits per heavy atom. The molecular weight excluding hydrogens is 332 g/mol. The largest absolute Gasteiger partial charge is 0.352 e. The number of benzene rings is 1. The zero-order chi connectivity index (χ0) is 18.2. The molecule has 0 heterocycles. The van der Waals surface area contributed by atoms with E-state index in [1.165, 1.54) is 6.42 Å². The first kappa shape index (κ1) is 19.8. The van der Waals surface area contributed by atoms with Crippen LogP contribution in [0.2, 0.25) is 0 Å². The SMILES string of the molecule is CSCCC(NC(=O)c1cccc(C)c1)C(=O)NC1CCCC(C)C1. The van der Waals surface area contributed by atoms with E-state index in [9.17, 15) is 9.59 Å². The summed E-state index contributed by atoms with van der Waals surface area (Å²) in [6, 6.07) is 7.22. The third kappa shape index (κ3) is 6.38. The topological polar surface area (TPSA) is 58.2 Å². The van der Waals surface area contributed by atoms with Crippen LogP contribution in [0.1, 0.15) is 54.9 Å². The molecular formula is C20H30N2O2S. The van der Waals surface area contributed by atoms with Gasteiger partial charge in [-0.25, -0.2) is 0 Å². The van der Waals surface area contributed by atoms with E-state index in [1.54, 1.807) is 17.8 Å². The molecule has 1 aliphatic rings. The van der Waals surface area contributed by atoms with Gasteiger partial charge in [-0.05, 0) is 56.2 Å². The van der Waals surface area contributed by atoms with Gasteiger partial charge in [0.2, 0.25) is 5.91 Å². The first-order valence-corrected chi connectivity index (χ1v) is 10.6. The molecule has 138 valence electrons. The number of thioether (sulfide) groups is 1. The number of carbonyl (C=O) groups excluding carboxylic acids is 2. The fraction of sp³-hybridized carbons (Fsp3) is 0.600. The lowest BCUT2D eigenvalue weighted by Crippen LogP contribution is -2.50. The van der Waals surface area contributed by atoms with E-state index >= 15 is 0 Å². The van der Waals surface area contributed by atoms with Crippen molar-refractivity contribution >= 4 is 23.6 Å². The van der Waals surface area contributed by atoms with Crippen molar-refractivity contribution in [2.75, 3.05) is 12.0 Å². The maximum atomic E-state index is 12.7. The summed E-state index contributed by atoms with van der Waals surface area (Å²) in [7, 11) is 0. The van der Waals surface area contributed by atoms with Crippen LogP contribution in [-0.2, 0) is 4.79 Å². The van der Waals surface area contributed by atoms with Gasteiger partial charge in [-0.15, -0.1) is 0 Å². The number of aryl methyl sites for hydroxylation is 1. The van der Waals surface area contributed by atoms with Crippen LogP contribution in [0.25, 0.3) is 0 Å². The summed E-state index contributed by atoms with van der Waals surface area (Å²) in [6.07, 6.45) is 7.14. The Morgan fingerprint density at radius 3 is 2.80 bits per heavy atom. The number of hydrogen-bond donors (Lipinski definition) is 2. The molecule has 4 nitrogen and oxygen atoms in total. The Kier molecular flexibility index (Phi) is 7.82. The second-order valence-corrected chi connectivity index (χ2v) is 8.14. The van der Waals surface area contributed by atoms with E-state index < -0.39 is 6.04 Å². The minimum Gasteiger partial charge on any atom is -0.352 e. The summed E-state index contributed by atoms with van der Waals surface area (Å²) in [5, 5.41) is 6.10. The molecule has 3 unspecified atom stereocenters. The molecule has 0 bridgehead atoms. The Hall–Kier alpha value is -1.49. The molecule has 5 heteroatoms. The Morgan fingerprint density at radius 1 is 1.32 bits per heavy atom. The summed E-state index contributed by atoms with van der Waals surface area (Å²) >= 11 is 1.69. The fourth-order valence-corrected chi connectivity index (χ4v) is 3.87. The van der Waals surface area contributed by atoms with Gasteiger partial charge >= 0.3 is 0 Å². The average Bonchev–Trinajstić information content (AvgIpc) is 2.58. The molecule has 1 aromatic rings. The standard InChI is InChI=1S/C20H30N2O2S/c1-14-6-4-8-16(12-14)19(23)22-18(10-11-25-3)20(24)21-17-9-5-7-15(2)13-17/h4,6,8,12,15,17-18H,5,7,9-11,13H2,1-3H3,(H,21,24)(H,22,23). The molecule has 0 saturated heterocycles. The summed E-state index contributed by atoms with van der Waals surface area (Å²) in [5.41, 5.74) is 1.64. The van der Waals surface area contributed by atoms with Crippen LogP contribution >= 0.6 is 11.8 Å². The monoisotopic (exact) mass is 362 g/mol. The molecule has 0 aromatic heterocycles. The molecule has 2 amide bonds. The van der Waals surface area contributed by atoms with Crippen LogP contribution in [-0.4, -0.2) is 35.9 Å². The summed E-state index contributed by atoms with van der Waals surface area (Å²) in [6.45, 7) is 4.20. The molecule has 3 atom stereocenters. The van der Waals surface area contributed by atoms with Crippen LogP contribution in [0.15, 0.2) is 24.3 Å². The predicted molar refractivity (Wildman–Crippen MR) is 105 cm³/mol. The average molecular weight is 363 g/mol. The van der Waals surface area contributed by atoms with Gasteiger partial charge in [-0.2, -0.15) is 11.8 Å². The molecule has 25 heavy (non-hydrogen) atoms. The highest BCUT2D eigenvalue weighted by Crippen LogP contribution is 2.23. The second-order valence-electron chi connectivity index (χ2n) is 7.15. The Labute approximate surface area is 155 Å². The van der Waals surface area contributed by atoms with E-state index in [-0.39, 0.29) is 17.9 Å². The van der Waals surface area contributed by atoms with Crippen molar-refractivity contribution < 1.29 is 9.59 Å². The maximum absolute atomic E-state index is 12.7. The van der Waals surface area contributed by atoms with Crippen LogP contribution in [0.4, 0.5) is 0 Å². The van der Waals surface area contributed by atoms with Crippen molar-refractivity contribution in [2.45, 2.75) is 58.0 Å². The number of amides is 2. The van der Waals surface area contributed by atoms with Crippen molar-refractivity contribution in [3.8, 4) is 0 Å². The smallest absolute Gasteiger partial charge is 0.251 e. The van der Waals surface area contributed by atoms with Crippen molar-refractivity contribution in [2.24, 2.45) is 5.92 Å². The molecule has 1 aliphatic carbocycles. The van der Waals surface area contributed by atoms with E-state index in [0.717, 1.165) is 30.6 Å². The predicted octanol–water partition coefficient (Wildman–Crippen LogP) is 3.54. The summed E-state index contributed by atoms with van der Waals surface area (Å²) in [4.78, 5) is 25.2. The van der Waals surface area contributed by atoms with Gasteiger partial charge in [0.05, 0.1) is 0 Å². The molecule has 2 rings (SSSR count). The second kappa shape index (κ2) is 9.85. The molecule has 1 fully saturated rings. The van der Waals surface area contributed by atoms with Gasteiger partial charge in [-0.3, -0.25) is 9.59 Å². The Balaban J connectivity index is 1.99. The van der Waals surface area contributed by atoms with Gasteiger partial charge in [0.25, 0.3) is 5.91 Å². The third-order valence-electron chi connectivity index (χ3n) is 4.80. The Bertz CT molecular complexity index is 591. The van der Waals surface area contributed by atoms with Crippen molar-refractivity contribution in [3.63, 3.8) is 0 Å². The summed E-state index contributed by atoms with van der Waals surface area (Å²) in [5.74, 6) is 1.27. The number of rotatable bonds is 7. The van der Waals surface area contributed by atoms with Crippen molar-refractivity contribution in [1.29, 1.82) is 0 Å². The van der Waals surface area contributed by atoms with Gasteiger partial charge in [0.1, 0.15) is 6.04 Å². The van der Waals surface area contributed by atoms with Crippen LogP contribution < -0.4 is 10.6 Å². The fourth-order valence-electron chi connectivity index (χ4n) is 3.40. The highest BCUT2D eigenvalue weighted by molar-refractivity contribution is 7.98. The van der Waals surface area contributed by atoms with Crippen LogP contribution in [0, 0.1) is 12.8 Å². The van der Waals surface area contributed by atoms with E-state index in [1.807, 2.05) is 31.4 Å². The van der Waals surface area contributed by atoms with Gasteiger partial charge in [0, 0.05) is 11.6 Å². The quantitative estimate of drug-likeness (QED) is 0.780.